The van der Waals surface area contributed by atoms with Crippen LogP contribution in [0.25, 0.3) is 65.4 Å². The number of aliphatic hydroxyl groups excluding tert-OH is 1. The van der Waals surface area contributed by atoms with Crippen molar-refractivity contribution >= 4 is 129 Å². The number of nitrogen functional groups attached to an aromatic ring is 6. The lowest BCUT2D eigenvalue weighted by Crippen LogP contribution is -2.38. The predicted octanol–water partition coefficient (Wildman–Crippen LogP) is 19.9. The van der Waals surface area contributed by atoms with Gasteiger partial charge in [-0.25, -0.2) is 24.5 Å². The number of rotatable bonds is 35. The van der Waals surface area contributed by atoms with Gasteiger partial charge in [0, 0.05) is 96.7 Å². The molecule has 6 heterocycles. The molecule has 18 N–H and O–H groups in total. The number of nitrogens with zero attached hydrogens (tertiary/aromatic N) is 8. The maximum atomic E-state index is 11.4. The summed E-state index contributed by atoms with van der Waals surface area (Å²) in [5.41, 5.74) is 61.5. The van der Waals surface area contributed by atoms with E-state index in [1.54, 1.807) is 13.0 Å². The summed E-state index contributed by atoms with van der Waals surface area (Å²) >= 11 is 5.67. The summed E-state index contributed by atoms with van der Waals surface area (Å²) in [4.78, 5) is 40.7. The number of anilines is 6. The number of aromatic nitrogens is 7. The van der Waals surface area contributed by atoms with Crippen LogP contribution in [0.3, 0.4) is 0 Å². The van der Waals surface area contributed by atoms with Crippen molar-refractivity contribution in [2.45, 2.75) is 254 Å². The number of aliphatic carboxylic acids is 1. The molecule has 0 spiro atoms. The lowest BCUT2D eigenvalue weighted by molar-refractivity contribution is -0.697. The summed E-state index contributed by atoms with van der Waals surface area (Å²) in [5, 5.41) is 32.8. The molecule has 23 heteroatoms. The van der Waals surface area contributed by atoms with E-state index >= 15 is 0 Å². The van der Waals surface area contributed by atoms with E-state index in [2.05, 4.69) is 165 Å². The number of aromatic hydroxyl groups is 1. The molecule has 0 aliphatic rings. The topological polar surface area (TPSA) is 391 Å². The molecule has 13 aromatic rings. The van der Waals surface area contributed by atoms with Crippen molar-refractivity contribution in [3.63, 3.8) is 0 Å². The first-order valence-electron chi connectivity index (χ1n) is 44.8. The van der Waals surface area contributed by atoms with Gasteiger partial charge >= 0.3 is 5.91 Å². The summed E-state index contributed by atoms with van der Waals surface area (Å²) in [6.07, 6.45) is 39.8. The monoisotopic (exact) mass is 1720 g/mol. The number of carboxylic acids is 1. The molecular formula is C102H137ClN16O6+2. The first-order chi connectivity index (χ1) is 60.3. The largest absolute Gasteiger partial charge is 0.547 e. The second kappa shape index (κ2) is 54.6. The summed E-state index contributed by atoms with van der Waals surface area (Å²) < 4.78 is 12.6. The Hall–Kier alpha value is -12.0. The lowest BCUT2D eigenvalue weighted by Gasteiger charge is -2.09. The number of aryl methyl sites for hydroxylation is 8. The Labute approximate surface area is 744 Å². The Morgan fingerprint density at radius 2 is 0.896 bits per heavy atom. The molecule has 0 aliphatic heterocycles. The number of halogens is 1. The second-order valence-corrected chi connectivity index (χ2v) is 32.3. The molecule has 0 bridgehead atoms. The van der Waals surface area contributed by atoms with Crippen molar-refractivity contribution in [1.29, 1.82) is 0 Å². The summed E-state index contributed by atoms with van der Waals surface area (Å²) in [6, 6.07) is 60.3. The van der Waals surface area contributed by atoms with Gasteiger partial charge in [0.25, 0.3) is 0 Å². The number of guanidine groups is 1. The van der Waals surface area contributed by atoms with Crippen LogP contribution in [0, 0.1) is 27.7 Å². The molecule has 0 fully saturated rings. The number of hydrogen-bond donors (Lipinski definition) is 10. The van der Waals surface area contributed by atoms with Crippen LogP contribution in [0.2, 0.25) is 5.15 Å². The van der Waals surface area contributed by atoms with Crippen LogP contribution in [-0.4, -0.2) is 60.7 Å². The average Bonchev–Trinajstić information content (AvgIpc) is 0.784. The molecule has 0 aliphatic carbocycles. The SMILES string of the molecule is CC(O)C(=O)[O-].CCCCCCCCCCCCCCCC[n+]1ccccc1.CCCCCCc1ccc(O)cc1C.CCOc1ccc2nc3cc(N)ccc3c(N)c2c1.Cc1cc(N)c2ccccc2[n+]1CCCCCCCCCC[n+]1c(C)cc(N)c2ccccc21.Cc1nc(N)c(C(=O)N=C(N)N)nc1Cl.Nc1c2ccccc2nc2ccccc12. The number of ether oxygens (including phenoxy) is 1. The Morgan fingerprint density at radius 3 is 1.38 bits per heavy atom. The molecular weight excluding hydrogens is 1580 g/mol. The Kier molecular flexibility index (Phi) is 43.7. The Morgan fingerprint density at radius 1 is 0.464 bits per heavy atom. The molecule has 1 atom stereocenters. The number of hydrogen-bond acceptors (Lipinski definition) is 16. The van der Waals surface area contributed by atoms with Gasteiger partial charge < -0.3 is 70.7 Å². The first kappa shape index (κ1) is 100. The number of aliphatic hydroxyl groups is 1. The van der Waals surface area contributed by atoms with Crippen molar-refractivity contribution < 1.29 is 43.3 Å². The zero-order valence-corrected chi connectivity index (χ0v) is 75.8. The highest BCUT2D eigenvalue weighted by Gasteiger charge is 2.19. The first-order valence-corrected chi connectivity index (χ1v) is 45.2. The summed E-state index contributed by atoms with van der Waals surface area (Å²) in [6.45, 7) is 19.6. The maximum absolute atomic E-state index is 11.4. The minimum Gasteiger partial charge on any atom is -0.547 e. The smallest absolute Gasteiger partial charge is 0.302 e. The number of benzene rings is 7. The highest BCUT2D eigenvalue weighted by Crippen LogP contribution is 2.33. The van der Waals surface area contributed by atoms with E-state index in [0.717, 1.165) is 104 Å². The van der Waals surface area contributed by atoms with Crippen LogP contribution in [0.1, 0.15) is 233 Å². The molecule has 0 saturated carbocycles. The fourth-order valence-electron chi connectivity index (χ4n) is 15.0. The number of para-hydroxylation sites is 4. The molecule has 7 aromatic carbocycles. The van der Waals surface area contributed by atoms with Gasteiger partial charge in [0.05, 0.1) is 80.0 Å². The molecule has 125 heavy (non-hydrogen) atoms. The van der Waals surface area contributed by atoms with Crippen molar-refractivity contribution in [2.24, 2.45) is 16.5 Å². The van der Waals surface area contributed by atoms with Gasteiger partial charge in [0.1, 0.15) is 31.1 Å². The molecule has 0 saturated heterocycles. The quantitative estimate of drug-likeness (QED) is 0.00440. The number of phenols is 1. The van der Waals surface area contributed by atoms with Crippen LogP contribution in [-0.2, 0) is 30.8 Å². The van der Waals surface area contributed by atoms with Gasteiger partial charge in [-0.2, -0.15) is 14.1 Å². The van der Waals surface area contributed by atoms with E-state index in [1.807, 2.05) is 104 Å². The number of nitrogens with two attached hydrogens (primary N) is 8. The summed E-state index contributed by atoms with van der Waals surface area (Å²) in [5.74, 6) is -1.47. The van der Waals surface area contributed by atoms with Gasteiger partial charge in [-0.05, 0) is 144 Å². The molecule has 13 rings (SSSR count). The van der Waals surface area contributed by atoms with E-state index in [4.69, 9.17) is 67.3 Å². The number of carbonyl (C=O) groups excluding carboxylic acids is 2. The standard InChI is InChI=1S/C30H38N4.C21H38N.C15H15N3O.C13H10N2.C13H20O.C7H9ClN6O.C3H6O3/c1-23-21-27(31)25-15-9-11-17-29(25)33(23)19-13-7-5-3-4-6-8-14-20-34-24(2)22-28(32)26-16-10-12-18-30(26)34;1-2-3-4-5-6-7-8-9-10-11-12-13-14-16-19-22-20-17-15-18-21-22;1-2-19-10-4-6-13-12(8-10)15(17)11-5-3-9(16)7-14(11)18-13;14-13-9-5-1-3-7-11(9)15-12-8-4-2-6-10(12)13;1-3-4-5-6-7-12-8-9-13(14)10-11(12)2;1-2-4(8)13-3(5(9)12-2)6(15)14-7(10)11;1-2(4)3(5)6/h9-12,15-18,21-22,31-32H,3-8,13-14,19-20H2,1-2H3;15,17-18,20-21H,2-14,16,19H2,1H3;3-8H,2,16H2,1H3,(H2,17,18);1-8H,(H2,14,15);8-10,14H,3-7H2,1-2H3;1H3,(H2,9,12)(H4,10,11,14,15);2,4H,1H3,(H,5,6)/q;+1;;;;;/p+1. The Balaban J connectivity index is 0.000000209. The van der Waals surface area contributed by atoms with Gasteiger partial charge in [-0.1, -0.05) is 220 Å². The van der Waals surface area contributed by atoms with Crippen LogP contribution < -0.4 is 69.4 Å². The highest BCUT2D eigenvalue weighted by molar-refractivity contribution is 6.30. The van der Waals surface area contributed by atoms with E-state index in [9.17, 15) is 19.8 Å². The van der Waals surface area contributed by atoms with Gasteiger partial charge in [0.15, 0.2) is 46.4 Å². The fraction of sp³-hybridized carbons (Fsp3) is 0.392. The van der Waals surface area contributed by atoms with Crippen molar-refractivity contribution in [2.75, 3.05) is 41.0 Å². The number of fused-ring (bicyclic) bond motifs is 6. The molecule has 1 amide bonds. The van der Waals surface area contributed by atoms with E-state index in [-0.39, 0.29) is 22.6 Å². The fourth-order valence-corrected chi connectivity index (χ4v) is 15.1. The van der Waals surface area contributed by atoms with Crippen LogP contribution >= 0.6 is 11.6 Å². The molecule has 1 unspecified atom stereocenters. The number of pyridine rings is 5. The van der Waals surface area contributed by atoms with Crippen LogP contribution in [0.15, 0.2) is 199 Å². The third-order valence-corrected chi connectivity index (χ3v) is 22.2. The summed E-state index contributed by atoms with van der Waals surface area (Å²) in [7, 11) is 0. The zero-order valence-electron chi connectivity index (χ0n) is 75.1. The number of phenolic OH excluding ortho intramolecular Hbond substituents is 1. The predicted molar refractivity (Wildman–Crippen MR) is 517 cm³/mol. The minimum atomic E-state index is -1.44. The molecule has 666 valence electrons. The molecule has 6 aromatic heterocycles. The van der Waals surface area contributed by atoms with Crippen molar-refractivity contribution in [3.8, 4) is 11.5 Å². The third kappa shape index (κ3) is 33.5. The minimum absolute atomic E-state index is 0.0631. The lowest BCUT2D eigenvalue weighted by atomic mass is 10.0. The third-order valence-electron chi connectivity index (χ3n) is 21.8. The highest BCUT2D eigenvalue weighted by atomic mass is 35.5. The van der Waals surface area contributed by atoms with E-state index in [0.29, 0.717) is 29.4 Å². The zero-order chi connectivity index (χ0) is 90.4. The maximum Gasteiger partial charge on any atom is 0.302 e. The molecule has 0 radical (unpaired) electrons. The number of unbranched alkanes of at least 4 members (excludes halogenated alkanes) is 23. The molecule has 22 nitrogen and oxygen atoms in total. The number of carboxylic acid groups (broad SMARTS) is 1. The van der Waals surface area contributed by atoms with Gasteiger partial charge in [-0.15, -0.1) is 0 Å². The van der Waals surface area contributed by atoms with E-state index in [1.165, 1.54) is 207 Å². The van der Waals surface area contributed by atoms with E-state index < -0.39 is 18.0 Å². The van der Waals surface area contributed by atoms with Gasteiger partial charge in [0.2, 0.25) is 11.0 Å². The Bertz CT molecular complexity index is 5380. The average molecular weight is 1720 g/mol. The normalized spacial score (nSPS) is 11.0. The second-order valence-electron chi connectivity index (χ2n) is 31.9. The van der Waals surface area contributed by atoms with Crippen molar-refractivity contribution in [3.05, 3.63) is 233 Å². The van der Waals surface area contributed by atoms with Crippen LogP contribution in [0.5, 0.6) is 11.5 Å². The number of amides is 1. The number of aliphatic imine (C=N–C) groups is 1. The van der Waals surface area contributed by atoms with Crippen LogP contribution in [0.4, 0.5) is 34.3 Å². The number of carbonyl (C=O) groups is 2. The van der Waals surface area contributed by atoms with Gasteiger partial charge in [-0.3, -0.25) is 4.79 Å². The van der Waals surface area contributed by atoms with Crippen molar-refractivity contribution in [1.82, 2.24) is 19.9 Å².